The van der Waals surface area contributed by atoms with Gasteiger partial charge in [-0.15, -0.1) is 4.80 Å². The van der Waals surface area contributed by atoms with Crippen molar-refractivity contribution in [2.45, 2.75) is 58.9 Å². The first kappa shape index (κ1) is 29.4. The Labute approximate surface area is 245 Å². The molecule has 0 fully saturated rings. The van der Waals surface area contributed by atoms with E-state index >= 15 is 0 Å². The summed E-state index contributed by atoms with van der Waals surface area (Å²) in [5, 5.41) is 9.27. The van der Waals surface area contributed by atoms with Gasteiger partial charge < -0.3 is 14.4 Å². The van der Waals surface area contributed by atoms with Gasteiger partial charge in [-0.3, -0.25) is 14.2 Å². The second-order valence-corrected chi connectivity index (χ2v) is 11.8. The molecule has 11 nitrogen and oxygen atoms in total. The lowest BCUT2D eigenvalue weighted by Crippen LogP contribution is -2.56. The molecule has 1 aliphatic rings. The highest BCUT2D eigenvalue weighted by Gasteiger charge is 2.39. The minimum absolute atomic E-state index is 0.0882. The van der Waals surface area contributed by atoms with Crippen LogP contribution in [0, 0.1) is 12.7 Å². The lowest BCUT2D eigenvalue weighted by Gasteiger charge is -2.31. The second-order valence-electron chi connectivity index (χ2n) is 10.9. The van der Waals surface area contributed by atoms with Crippen LogP contribution >= 0.6 is 11.3 Å². The predicted molar refractivity (Wildman–Crippen MR) is 157 cm³/mol. The number of fused-ring (bicyclic) bond motifs is 1. The van der Waals surface area contributed by atoms with Crippen LogP contribution in [-0.4, -0.2) is 61.2 Å². The van der Waals surface area contributed by atoms with Crippen molar-refractivity contribution in [3.63, 3.8) is 0 Å². The Hall–Kier alpha value is -4.10. The Kier molecular flexibility index (Phi) is 7.90. The summed E-state index contributed by atoms with van der Waals surface area (Å²) in [6, 6.07) is 4.10. The molecule has 1 aromatic carbocycles. The topological polar surface area (TPSA) is 113 Å². The van der Waals surface area contributed by atoms with Crippen LogP contribution in [0.2, 0.25) is 0 Å². The molecule has 42 heavy (non-hydrogen) atoms. The fourth-order valence-electron chi connectivity index (χ4n) is 5.29. The van der Waals surface area contributed by atoms with E-state index in [0.29, 0.717) is 39.8 Å². The number of carbonyl (C=O) groups excluding carboxylic acids is 1. The zero-order valence-electron chi connectivity index (χ0n) is 24.3. The third kappa shape index (κ3) is 5.07. The molecule has 4 heterocycles. The molecule has 0 aliphatic carbocycles. The fourth-order valence-corrected chi connectivity index (χ4v) is 6.51. The highest BCUT2D eigenvalue weighted by atomic mass is 32.1. The molecule has 1 atom stereocenters. The zero-order chi connectivity index (χ0) is 30.3. The number of rotatable bonds is 9. The normalized spacial score (nSPS) is 14.3. The van der Waals surface area contributed by atoms with Crippen LogP contribution in [0.5, 0.6) is 5.75 Å². The van der Waals surface area contributed by atoms with Gasteiger partial charge >= 0.3 is 5.69 Å². The summed E-state index contributed by atoms with van der Waals surface area (Å²) in [5.41, 5.74) is -1.82. The molecular weight excluding hydrogens is 563 g/mol. The maximum absolute atomic E-state index is 14.5. The smallest absolute Gasteiger partial charge is 0.333 e. The summed E-state index contributed by atoms with van der Waals surface area (Å²) >= 11 is 1.18. The van der Waals surface area contributed by atoms with Crippen molar-refractivity contribution in [1.82, 2.24) is 29.0 Å². The molecule has 5 rings (SSSR count). The fraction of sp³-hybridized carbons (Fsp3) is 0.414. The Morgan fingerprint density at radius 3 is 2.43 bits per heavy atom. The van der Waals surface area contributed by atoms with Gasteiger partial charge in [-0.05, 0) is 52.8 Å². The van der Waals surface area contributed by atoms with E-state index in [2.05, 4.69) is 10.2 Å². The number of methoxy groups -OCH3 is 1. The van der Waals surface area contributed by atoms with E-state index in [1.54, 1.807) is 25.7 Å². The number of amides is 1. The third-order valence-electron chi connectivity index (χ3n) is 7.30. The predicted octanol–water partition coefficient (Wildman–Crippen LogP) is 3.56. The average molecular weight is 597 g/mol. The number of thiophene rings is 1. The SMILES string of the molecule is COc1ccc(F)cc1[C@H](Cn1c(=O)n(C(C)(C)C(=O)N2CC=CC2)c(=O)c2c(C)c(-n3nccn3)sc21)OC(C)C. The molecule has 1 amide bonds. The number of aryl methyl sites for hydroxylation is 1. The number of carbonyl (C=O) groups is 1. The van der Waals surface area contributed by atoms with Crippen LogP contribution < -0.4 is 16.0 Å². The van der Waals surface area contributed by atoms with Crippen molar-refractivity contribution >= 4 is 27.5 Å². The molecule has 0 unspecified atom stereocenters. The van der Waals surface area contributed by atoms with E-state index in [1.165, 1.54) is 58.4 Å². The molecule has 0 spiro atoms. The Morgan fingerprint density at radius 1 is 1.14 bits per heavy atom. The maximum Gasteiger partial charge on any atom is 0.333 e. The molecule has 0 bridgehead atoms. The summed E-state index contributed by atoms with van der Waals surface area (Å²) < 4.78 is 28.7. The highest BCUT2D eigenvalue weighted by molar-refractivity contribution is 7.21. The third-order valence-corrected chi connectivity index (χ3v) is 8.58. The van der Waals surface area contributed by atoms with Crippen LogP contribution in [0.4, 0.5) is 4.39 Å². The van der Waals surface area contributed by atoms with Crippen LogP contribution in [0.3, 0.4) is 0 Å². The first-order chi connectivity index (χ1) is 19.9. The van der Waals surface area contributed by atoms with Gasteiger partial charge in [-0.25, -0.2) is 13.8 Å². The molecule has 13 heteroatoms. The summed E-state index contributed by atoms with van der Waals surface area (Å²) in [5.74, 6) is -0.461. The van der Waals surface area contributed by atoms with Gasteiger partial charge in [-0.1, -0.05) is 23.5 Å². The number of aromatic nitrogens is 5. The molecular formula is C29H33FN6O5S. The summed E-state index contributed by atoms with van der Waals surface area (Å²) in [7, 11) is 1.47. The number of hydrogen-bond acceptors (Lipinski definition) is 8. The molecule has 0 N–H and O–H groups in total. The largest absolute Gasteiger partial charge is 0.496 e. The zero-order valence-corrected chi connectivity index (χ0v) is 25.1. The van der Waals surface area contributed by atoms with Gasteiger partial charge in [0.2, 0.25) is 5.91 Å². The number of nitrogens with zero attached hydrogens (tertiary/aromatic N) is 6. The van der Waals surface area contributed by atoms with Crippen molar-refractivity contribution in [2.75, 3.05) is 20.2 Å². The van der Waals surface area contributed by atoms with Crippen LogP contribution in [-0.2, 0) is 21.6 Å². The lowest BCUT2D eigenvalue weighted by atomic mass is 10.0. The van der Waals surface area contributed by atoms with Gasteiger partial charge in [0.1, 0.15) is 33.0 Å². The standard InChI is InChI=1S/C29H33FN6O5S/c1-17(2)41-22(20-15-19(30)9-10-21(20)40-6)16-34-26-23(18(3)25(42-26)36-31-11-12-32-36)24(37)35(28(34)39)29(4,5)27(38)33-13-7-8-14-33/h7-12,15,17,22H,13-14,16H2,1-6H3/t22-/m0/s1. The van der Waals surface area contributed by atoms with Gasteiger partial charge in [0.15, 0.2) is 0 Å². The molecule has 3 aromatic heterocycles. The minimum Gasteiger partial charge on any atom is -0.496 e. The van der Waals surface area contributed by atoms with Crippen LogP contribution in [0.15, 0.2) is 52.3 Å². The second kappa shape index (κ2) is 11.3. The molecule has 222 valence electrons. The molecule has 1 aliphatic heterocycles. The monoisotopic (exact) mass is 596 g/mol. The Bertz CT molecular complexity index is 1780. The average Bonchev–Trinajstić information content (AvgIpc) is 3.71. The minimum atomic E-state index is -1.51. The summed E-state index contributed by atoms with van der Waals surface area (Å²) in [6.45, 7) is 9.27. The van der Waals surface area contributed by atoms with E-state index < -0.39 is 28.7 Å². The highest BCUT2D eigenvalue weighted by Crippen LogP contribution is 2.35. The van der Waals surface area contributed by atoms with Crippen LogP contribution in [0.25, 0.3) is 15.2 Å². The van der Waals surface area contributed by atoms with Gasteiger partial charge in [-0.2, -0.15) is 10.2 Å². The molecule has 0 saturated heterocycles. The van der Waals surface area contributed by atoms with Crippen molar-refractivity contribution in [3.8, 4) is 10.8 Å². The van der Waals surface area contributed by atoms with E-state index in [0.717, 1.165) is 4.57 Å². The molecule has 0 radical (unpaired) electrons. The van der Waals surface area contributed by atoms with E-state index in [1.807, 2.05) is 26.0 Å². The summed E-state index contributed by atoms with van der Waals surface area (Å²) in [6.07, 6.45) is 5.64. The summed E-state index contributed by atoms with van der Waals surface area (Å²) in [4.78, 5) is 45.6. The lowest BCUT2D eigenvalue weighted by molar-refractivity contribution is -0.138. The van der Waals surface area contributed by atoms with Gasteiger partial charge in [0.05, 0.1) is 37.5 Å². The Balaban J connectivity index is 1.78. The van der Waals surface area contributed by atoms with E-state index in [4.69, 9.17) is 9.47 Å². The van der Waals surface area contributed by atoms with Gasteiger partial charge in [0.25, 0.3) is 5.56 Å². The number of hydrogen-bond donors (Lipinski definition) is 0. The first-order valence-electron chi connectivity index (χ1n) is 13.5. The van der Waals surface area contributed by atoms with Crippen molar-refractivity contribution in [3.05, 3.63) is 80.5 Å². The van der Waals surface area contributed by atoms with Crippen molar-refractivity contribution in [2.24, 2.45) is 0 Å². The van der Waals surface area contributed by atoms with Gasteiger partial charge in [0, 0.05) is 24.2 Å². The number of halogens is 1. The number of benzene rings is 1. The quantitative estimate of drug-likeness (QED) is 0.272. The molecule has 0 saturated carbocycles. The van der Waals surface area contributed by atoms with Crippen LogP contribution in [0.1, 0.15) is 44.9 Å². The molecule has 4 aromatic rings. The van der Waals surface area contributed by atoms with Crippen molar-refractivity contribution in [1.29, 1.82) is 0 Å². The maximum atomic E-state index is 14.5. The van der Waals surface area contributed by atoms with E-state index in [9.17, 15) is 18.8 Å². The number of ether oxygens (including phenoxy) is 2. The van der Waals surface area contributed by atoms with Crippen molar-refractivity contribution < 1.29 is 18.7 Å². The van der Waals surface area contributed by atoms with E-state index in [-0.39, 0.29) is 23.9 Å². The Morgan fingerprint density at radius 2 is 1.81 bits per heavy atom. The first-order valence-corrected chi connectivity index (χ1v) is 14.4.